The first-order chi connectivity index (χ1) is 14.6. The van der Waals surface area contributed by atoms with Crippen molar-refractivity contribution in [2.45, 2.75) is 57.5 Å². The van der Waals surface area contributed by atoms with Crippen LogP contribution in [0.15, 0.2) is 41.0 Å². The van der Waals surface area contributed by atoms with Crippen molar-refractivity contribution in [2.24, 2.45) is 11.8 Å². The van der Waals surface area contributed by atoms with Gasteiger partial charge in [-0.25, -0.2) is 4.57 Å². The summed E-state index contributed by atoms with van der Waals surface area (Å²) < 4.78 is 61.6. The Hall–Kier alpha value is -1.72. The molecule has 31 heavy (non-hydrogen) atoms. The highest BCUT2D eigenvalue weighted by molar-refractivity contribution is 7.52. The lowest BCUT2D eigenvalue weighted by Gasteiger charge is -2.43. The normalized spacial score (nSPS) is 27.3. The molecule has 1 fully saturated rings. The number of hydrogen-bond acceptors (Lipinski definition) is 3. The number of alkyl halides is 3. The molecule has 1 aromatic rings. The van der Waals surface area contributed by atoms with Gasteiger partial charge in [0.2, 0.25) is 0 Å². The Morgan fingerprint density at radius 2 is 1.97 bits per heavy atom. The summed E-state index contributed by atoms with van der Waals surface area (Å²) in [6, 6.07) is 6.32. The molecule has 3 atom stereocenters. The lowest BCUT2D eigenvalue weighted by Crippen LogP contribution is -2.30. The van der Waals surface area contributed by atoms with Gasteiger partial charge in [-0.3, -0.25) is 0 Å². The molecule has 8 heteroatoms. The summed E-state index contributed by atoms with van der Waals surface area (Å²) in [5.74, 6) is 0.709. The highest BCUT2D eigenvalue weighted by atomic mass is 31.2. The molecule has 3 aliphatic rings. The van der Waals surface area contributed by atoms with E-state index >= 15 is 0 Å². The summed E-state index contributed by atoms with van der Waals surface area (Å²) in [5.41, 5.74) is 4.34. The molecule has 2 bridgehead atoms. The van der Waals surface area contributed by atoms with Crippen molar-refractivity contribution in [3.05, 3.63) is 46.5 Å². The van der Waals surface area contributed by atoms with E-state index in [0.717, 1.165) is 57.2 Å². The summed E-state index contributed by atoms with van der Waals surface area (Å²) >= 11 is 0. The summed E-state index contributed by atoms with van der Waals surface area (Å²) in [4.78, 5) is 9.56. The standard InChI is InChI=1S/C23H28F3O4P/c1-31(27,28)30-18-9-4-8-17(13-18)22(29-14-23(24,25)26)21-16-7-5-11-20(21)19-10-3-2-6-15(19)12-16/h4,8-9,13,16,20H,2-3,5-7,10-12,14H2,1H3,(H,27,28)/b22-21+. The van der Waals surface area contributed by atoms with Gasteiger partial charge in [0.25, 0.3) is 0 Å². The third kappa shape index (κ3) is 5.38. The molecule has 1 saturated carbocycles. The highest BCUT2D eigenvalue weighted by Gasteiger charge is 2.40. The predicted molar refractivity (Wildman–Crippen MR) is 113 cm³/mol. The minimum Gasteiger partial charge on any atom is -0.484 e. The lowest BCUT2D eigenvalue weighted by molar-refractivity contribution is -0.158. The smallest absolute Gasteiger partial charge is 0.422 e. The molecule has 0 spiro atoms. The summed E-state index contributed by atoms with van der Waals surface area (Å²) in [5, 5.41) is 0. The van der Waals surface area contributed by atoms with Crippen molar-refractivity contribution in [1.82, 2.24) is 0 Å². The third-order valence-electron chi connectivity index (χ3n) is 6.42. The molecule has 0 radical (unpaired) electrons. The third-order valence-corrected chi connectivity index (χ3v) is 6.97. The van der Waals surface area contributed by atoms with Gasteiger partial charge in [0.05, 0.1) is 0 Å². The lowest BCUT2D eigenvalue weighted by atomic mass is 9.62. The van der Waals surface area contributed by atoms with Crippen LogP contribution in [0.25, 0.3) is 5.76 Å². The summed E-state index contributed by atoms with van der Waals surface area (Å²) in [6.07, 6.45) is 3.80. The minimum absolute atomic E-state index is 0.130. The van der Waals surface area contributed by atoms with Crippen LogP contribution >= 0.6 is 7.60 Å². The van der Waals surface area contributed by atoms with Gasteiger partial charge in [0, 0.05) is 18.1 Å². The van der Waals surface area contributed by atoms with Gasteiger partial charge in [-0.05, 0) is 68.6 Å². The van der Waals surface area contributed by atoms with Gasteiger partial charge in [0.1, 0.15) is 11.5 Å². The van der Waals surface area contributed by atoms with Crippen LogP contribution in [-0.4, -0.2) is 24.3 Å². The van der Waals surface area contributed by atoms with Crippen LogP contribution in [0.2, 0.25) is 0 Å². The molecule has 170 valence electrons. The molecule has 3 aliphatic carbocycles. The molecular formula is C23H28F3O4P. The van der Waals surface area contributed by atoms with Gasteiger partial charge >= 0.3 is 13.8 Å². The zero-order chi connectivity index (χ0) is 22.2. The monoisotopic (exact) mass is 456 g/mol. The van der Waals surface area contributed by atoms with Crippen molar-refractivity contribution >= 4 is 13.4 Å². The van der Waals surface area contributed by atoms with E-state index < -0.39 is 20.4 Å². The molecule has 0 aliphatic heterocycles. The van der Waals surface area contributed by atoms with E-state index in [1.165, 1.54) is 29.7 Å². The first-order valence-electron chi connectivity index (χ1n) is 10.9. The van der Waals surface area contributed by atoms with Gasteiger partial charge in [-0.15, -0.1) is 0 Å². The quantitative estimate of drug-likeness (QED) is 0.299. The van der Waals surface area contributed by atoms with Gasteiger partial charge in [-0.1, -0.05) is 29.7 Å². The van der Waals surface area contributed by atoms with E-state index in [4.69, 9.17) is 9.26 Å². The maximum absolute atomic E-state index is 13.1. The summed E-state index contributed by atoms with van der Waals surface area (Å²) in [6.45, 7) is -0.295. The zero-order valence-corrected chi connectivity index (χ0v) is 18.5. The second-order valence-electron chi connectivity index (χ2n) is 8.83. The molecule has 0 amide bonds. The molecule has 4 nitrogen and oxygen atoms in total. The Labute approximate surface area is 180 Å². The fourth-order valence-electron chi connectivity index (χ4n) is 5.40. The second-order valence-corrected chi connectivity index (χ2v) is 10.6. The second kappa shape index (κ2) is 8.67. The van der Waals surface area contributed by atoms with E-state index in [1.54, 1.807) is 12.1 Å². The maximum atomic E-state index is 13.1. The molecule has 3 unspecified atom stereocenters. The van der Waals surface area contributed by atoms with E-state index in [1.807, 2.05) is 0 Å². The number of ether oxygens (including phenoxy) is 1. The van der Waals surface area contributed by atoms with Crippen molar-refractivity contribution in [3.63, 3.8) is 0 Å². The topological polar surface area (TPSA) is 55.8 Å². The van der Waals surface area contributed by atoms with Gasteiger partial charge in [0.15, 0.2) is 6.61 Å². The predicted octanol–water partition coefficient (Wildman–Crippen LogP) is 6.86. The van der Waals surface area contributed by atoms with Crippen LogP contribution in [0.5, 0.6) is 5.75 Å². The van der Waals surface area contributed by atoms with Crippen molar-refractivity contribution in [3.8, 4) is 5.75 Å². The van der Waals surface area contributed by atoms with E-state index in [0.29, 0.717) is 5.56 Å². The SMILES string of the molecule is CP(=O)(O)Oc1cccc(/C(OCC(F)(F)F)=C2/C3CCCC2C2=C(CCCC2)C3)c1. The Kier molecular flexibility index (Phi) is 6.28. The van der Waals surface area contributed by atoms with Crippen LogP contribution < -0.4 is 4.52 Å². The molecule has 1 aromatic carbocycles. The number of fused-ring (bicyclic) bond motifs is 3. The average molecular weight is 456 g/mol. The van der Waals surface area contributed by atoms with Gasteiger partial charge in [-0.2, -0.15) is 13.2 Å². The average Bonchev–Trinajstić information content (AvgIpc) is 2.66. The minimum atomic E-state index is -4.46. The molecular weight excluding hydrogens is 428 g/mol. The maximum Gasteiger partial charge on any atom is 0.422 e. The number of allylic oxidation sites excluding steroid dienone is 3. The number of benzene rings is 1. The molecule has 4 rings (SSSR count). The van der Waals surface area contributed by atoms with Crippen LogP contribution in [0.1, 0.15) is 56.9 Å². The van der Waals surface area contributed by atoms with Crippen molar-refractivity contribution in [1.29, 1.82) is 0 Å². The largest absolute Gasteiger partial charge is 0.484 e. The van der Waals surface area contributed by atoms with Crippen LogP contribution in [0.3, 0.4) is 0 Å². The van der Waals surface area contributed by atoms with E-state index in [-0.39, 0.29) is 23.3 Å². The van der Waals surface area contributed by atoms with Crippen LogP contribution in [0.4, 0.5) is 13.2 Å². The highest BCUT2D eigenvalue weighted by Crippen LogP contribution is 2.53. The molecule has 0 saturated heterocycles. The number of halogens is 3. The zero-order valence-electron chi connectivity index (χ0n) is 17.6. The van der Waals surface area contributed by atoms with Crippen LogP contribution in [0, 0.1) is 11.8 Å². The summed E-state index contributed by atoms with van der Waals surface area (Å²) in [7, 11) is -3.79. The van der Waals surface area contributed by atoms with E-state index in [9.17, 15) is 22.6 Å². The molecule has 1 N–H and O–H groups in total. The Balaban J connectivity index is 1.80. The first-order valence-corrected chi connectivity index (χ1v) is 12.9. The Bertz CT molecular complexity index is 944. The fraction of sp³-hybridized carbons (Fsp3) is 0.565. The molecule has 0 heterocycles. The molecule has 0 aromatic heterocycles. The first kappa shape index (κ1) is 22.5. The van der Waals surface area contributed by atoms with Crippen LogP contribution in [-0.2, 0) is 9.30 Å². The number of hydrogen-bond donors (Lipinski definition) is 1. The Morgan fingerprint density at radius 1 is 1.19 bits per heavy atom. The fourth-order valence-corrected chi connectivity index (χ4v) is 5.91. The number of rotatable bonds is 5. The van der Waals surface area contributed by atoms with Crippen molar-refractivity contribution < 1.29 is 31.9 Å². The van der Waals surface area contributed by atoms with Crippen molar-refractivity contribution in [2.75, 3.05) is 13.3 Å². The Morgan fingerprint density at radius 3 is 2.71 bits per heavy atom. The van der Waals surface area contributed by atoms with E-state index in [2.05, 4.69) is 0 Å². The van der Waals surface area contributed by atoms with Gasteiger partial charge < -0.3 is 14.2 Å².